The first-order valence-electron chi connectivity index (χ1n) is 5.77. The van der Waals surface area contributed by atoms with Crippen molar-refractivity contribution in [3.05, 3.63) is 35.1 Å². The van der Waals surface area contributed by atoms with Crippen molar-refractivity contribution < 1.29 is 9.13 Å². The number of ether oxygens (including phenoxy) is 1. The SMILES string of the molecule is Cc1ccc(CNC2CCOC2C)cc1F. The Hall–Kier alpha value is -0.930. The molecule has 1 saturated heterocycles. The van der Waals surface area contributed by atoms with Crippen LogP contribution in [-0.2, 0) is 11.3 Å². The molecule has 0 spiro atoms. The van der Waals surface area contributed by atoms with Crippen LogP contribution in [0, 0.1) is 12.7 Å². The Morgan fingerprint density at radius 3 is 2.94 bits per heavy atom. The normalized spacial score (nSPS) is 24.9. The molecule has 1 aromatic carbocycles. The molecule has 0 aliphatic carbocycles. The maximum atomic E-state index is 13.3. The third kappa shape index (κ3) is 2.60. The maximum Gasteiger partial charge on any atom is 0.126 e. The Morgan fingerprint density at radius 2 is 2.31 bits per heavy atom. The average Bonchev–Trinajstić information content (AvgIpc) is 2.66. The van der Waals surface area contributed by atoms with Gasteiger partial charge in [0.25, 0.3) is 0 Å². The molecule has 0 radical (unpaired) electrons. The number of nitrogens with one attached hydrogen (secondary N) is 1. The van der Waals surface area contributed by atoms with Gasteiger partial charge in [0.05, 0.1) is 6.10 Å². The van der Waals surface area contributed by atoms with Crippen LogP contribution in [0.2, 0.25) is 0 Å². The van der Waals surface area contributed by atoms with Gasteiger partial charge < -0.3 is 10.1 Å². The van der Waals surface area contributed by atoms with Crippen LogP contribution in [0.3, 0.4) is 0 Å². The first kappa shape index (κ1) is 11.6. The van der Waals surface area contributed by atoms with Crippen LogP contribution in [0.15, 0.2) is 18.2 Å². The summed E-state index contributed by atoms with van der Waals surface area (Å²) < 4.78 is 18.8. The quantitative estimate of drug-likeness (QED) is 0.849. The van der Waals surface area contributed by atoms with E-state index in [0.717, 1.165) is 18.6 Å². The molecule has 1 aromatic rings. The Balaban J connectivity index is 1.91. The summed E-state index contributed by atoms with van der Waals surface area (Å²) in [7, 11) is 0. The summed E-state index contributed by atoms with van der Waals surface area (Å²) in [4.78, 5) is 0. The van der Waals surface area contributed by atoms with E-state index in [4.69, 9.17) is 4.74 Å². The molecule has 0 aromatic heterocycles. The van der Waals surface area contributed by atoms with Gasteiger partial charge in [0.15, 0.2) is 0 Å². The predicted octanol–water partition coefficient (Wildman–Crippen LogP) is 2.40. The fourth-order valence-corrected chi connectivity index (χ4v) is 2.00. The smallest absolute Gasteiger partial charge is 0.126 e. The molecule has 2 unspecified atom stereocenters. The Morgan fingerprint density at radius 1 is 1.50 bits per heavy atom. The zero-order chi connectivity index (χ0) is 11.5. The monoisotopic (exact) mass is 223 g/mol. The summed E-state index contributed by atoms with van der Waals surface area (Å²) in [5, 5.41) is 3.40. The molecule has 1 N–H and O–H groups in total. The van der Waals surface area contributed by atoms with Crippen molar-refractivity contribution >= 4 is 0 Å². The molecule has 3 heteroatoms. The lowest BCUT2D eigenvalue weighted by Gasteiger charge is -2.16. The highest BCUT2D eigenvalue weighted by atomic mass is 19.1. The van der Waals surface area contributed by atoms with Crippen LogP contribution in [0.5, 0.6) is 0 Å². The second-order valence-corrected chi connectivity index (χ2v) is 4.44. The molecule has 0 saturated carbocycles. The molecule has 1 aliphatic heterocycles. The van der Waals surface area contributed by atoms with Gasteiger partial charge in [0.1, 0.15) is 5.82 Å². The standard InChI is InChI=1S/C13H18FNO/c1-9-3-4-11(7-12(9)14)8-15-13-5-6-16-10(13)2/h3-4,7,10,13,15H,5-6,8H2,1-2H3. The van der Waals surface area contributed by atoms with Gasteiger partial charge in [-0.2, -0.15) is 0 Å². The van der Waals surface area contributed by atoms with E-state index in [-0.39, 0.29) is 11.9 Å². The second kappa shape index (κ2) is 4.93. The molecular weight excluding hydrogens is 205 g/mol. The number of benzene rings is 1. The van der Waals surface area contributed by atoms with Gasteiger partial charge in [-0.15, -0.1) is 0 Å². The maximum absolute atomic E-state index is 13.3. The van der Waals surface area contributed by atoms with E-state index in [9.17, 15) is 4.39 Å². The molecule has 88 valence electrons. The van der Waals surface area contributed by atoms with E-state index in [1.165, 1.54) is 0 Å². The molecule has 2 rings (SSSR count). The van der Waals surface area contributed by atoms with Crippen molar-refractivity contribution in [3.8, 4) is 0 Å². The lowest BCUT2D eigenvalue weighted by atomic mass is 10.1. The van der Waals surface area contributed by atoms with E-state index in [2.05, 4.69) is 12.2 Å². The number of rotatable bonds is 3. The molecule has 2 nitrogen and oxygen atoms in total. The van der Waals surface area contributed by atoms with E-state index in [1.807, 2.05) is 12.1 Å². The fourth-order valence-electron chi connectivity index (χ4n) is 2.00. The number of hydrogen-bond acceptors (Lipinski definition) is 2. The zero-order valence-corrected chi connectivity index (χ0v) is 9.79. The van der Waals surface area contributed by atoms with Crippen molar-refractivity contribution in [2.24, 2.45) is 0 Å². The van der Waals surface area contributed by atoms with Gasteiger partial charge in [-0.3, -0.25) is 0 Å². The first-order chi connectivity index (χ1) is 7.66. The topological polar surface area (TPSA) is 21.3 Å². The van der Waals surface area contributed by atoms with Crippen LogP contribution in [0.1, 0.15) is 24.5 Å². The first-order valence-corrected chi connectivity index (χ1v) is 5.77. The summed E-state index contributed by atoms with van der Waals surface area (Å²) in [6.07, 6.45) is 1.30. The Bertz CT molecular complexity index is 367. The largest absolute Gasteiger partial charge is 0.377 e. The molecule has 16 heavy (non-hydrogen) atoms. The Kier molecular flexibility index (Phi) is 3.56. The summed E-state index contributed by atoms with van der Waals surface area (Å²) in [6, 6.07) is 5.78. The summed E-state index contributed by atoms with van der Waals surface area (Å²) in [5.41, 5.74) is 1.68. The fraction of sp³-hybridized carbons (Fsp3) is 0.538. The average molecular weight is 223 g/mol. The minimum atomic E-state index is -0.130. The van der Waals surface area contributed by atoms with Gasteiger partial charge >= 0.3 is 0 Å². The van der Waals surface area contributed by atoms with Gasteiger partial charge in [0, 0.05) is 19.2 Å². The lowest BCUT2D eigenvalue weighted by Crippen LogP contribution is -2.34. The van der Waals surface area contributed by atoms with E-state index >= 15 is 0 Å². The summed E-state index contributed by atoms with van der Waals surface area (Å²) in [6.45, 7) is 5.37. The molecule has 1 aliphatic rings. The van der Waals surface area contributed by atoms with E-state index < -0.39 is 0 Å². The molecule has 1 fully saturated rings. The lowest BCUT2D eigenvalue weighted by molar-refractivity contribution is 0.113. The highest BCUT2D eigenvalue weighted by Gasteiger charge is 2.23. The van der Waals surface area contributed by atoms with Crippen LogP contribution in [0.4, 0.5) is 4.39 Å². The van der Waals surface area contributed by atoms with Crippen molar-refractivity contribution in [1.82, 2.24) is 5.32 Å². The predicted molar refractivity (Wildman–Crippen MR) is 61.8 cm³/mol. The highest BCUT2D eigenvalue weighted by molar-refractivity contribution is 5.23. The zero-order valence-electron chi connectivity index (χ0n) is 9.79. The molecule has 0 bridgehead atoms. The van der Waals surface area contributed by atoms with Crippen molar-refractivity contribution in [3.63, 3.8) is 0 Å². The highest BCUT2D eigenvalue weighted by Crippen LogP contribution is 2.14. The molecule has 0 amide bonds. The Labute approximate surface area is 95.8 Å². The summed E-state index contributed by atoms with van der Waals surface area (Å²) >= 11 is 0. The van der Waals surface area contributed by atoms with Crippen molar-refractivity contribution in [2.75, 3.05) is 6.61 Å². The minimum absolute atomic E-state index is 0.130. The third-order valence-electron chi connectivity index (χ3n) is 3.18. The molecule has 2 atom stereocenters. The van der Waals surface area contributed by atoms with Gasteiger partial charge in [-0.25, -0.2) is 4.39 Å². The minimum Gasteiger partial charge on any atom is -0.377 e. The van der Waals surface area contributed by atoms with Crippen LogP contribution in [-0.4, -0.2) is 18.8 Å². The number of hydrogen-bond donors (Lipinski definition) is 1. The van der Waals surface area contributed by atoms with Gasteiger partial charge in [0.2, 0.25) is 0 Å². The molecule has 1 heterocycles. The van der Waals surface area contributed by atoms with Gasteiger partial charge in [-0.1, -0.05) is 12.1 Å². The van der Waals surface area contributed by atoms with Crippen LogP contribution < -0.4 is 5.32 Å². The number of halogens is 1. The van der Waals surface area contributed by atoms with Crippen molar-refractivity contribution in [1.29, 1.82) is 0 Å². The van der Waals surface area contributed by atoms with Crippen LogP contribution >= 0.6 is 0 Å². The molecular formula is C13H18FNO. The third-order valence-corrected chi connectivity index (χ3v) is 3.18. The van der Waals surface area contributed by atoms with E-state index in [0.29, 0.717) is 18.2 Å². The van der Waals surface area contributed by atoms with Crippen LogP contribution in [0.25, 0.3) is 0 Å². The van der Waals surface area contributed by atoms with Gasteiger partial charge in [-0.05, 0) is 37.5 Å². The summed E-state index contributed by atoms with van der Waals surface area (Å²) in [5.74, 6) is -0.130. The van der Waals surface area contributed by atoms with E-state index in [1.54, 1.807) is 13.0 Å². The second-order valence-electron chi connectivity index (χ2n) is 4.44. The van der Waals surface area contributed by atoms with Crippen molar-refractivity contribution in [2.45, 2.75) is 39.0 Å². The number of aryl methyl sites for hydroxylation is 1.